The van der Waals surface area contributed by atoms with Crippen LogP contribution in [0.5, 0.6) is 5.75 Å². The largest absolute Gasteiger partial charge is 0.496 e. The van der Waals surface area contributed by atoms with Gasteiger partial charge in [-0.05, 0) is 24.3 Å². The molecule has 108 valence electrons. The molecule has 0 fully saturated rings. The topological polar surface area (TPSA) is 55.4 Å². The zero-order chi connectivity index (χ0) is 15.2. The van der Waals surface area contributed by atoms with Gasteiger partial charge < -0.3 is 10.1 Å². The summed E-state index contributed by atoms with van der Waals surface area (Å²) in [6.45, 7) is -0.1000. The highest BCUT2D eigenvalue weighted by atomic mass is 35.5. The Morgan fingerprint density at radius 1 is 1.14 bits per heavy atom. The van der Waals surface area contributed by atoms with Crippen molar-refractivity contribution in [3.05, 3.63) is 64.7 Å². The smallest absolute Gasteiger partial charge is 0.255 e. The van der Waals surface area contributed by atoms with Crippen molar-refractivity contribution >= 4 is 23.3 Å². The average Bonchev–Trinajstić information content (AvgIpc) is 2.52. The van der Waals surface area contributed by atoms with Crippen molar-refractivity contribution < 1.29 is 14.3 Å². The Morgan fingerprint density at radius 3 is 2.62 bits per heavy atom. The summed E-state index contributed by atoms with van der Waals surface area (Å²) in [6, 6.07) is 13.4. The number of para-hydroxylation sites is 1. The molecular weight excluding hydrogens is 290 g/mol. The van der Waals surface area contributed by atoms with Crippen molar-refractivity contribution in [3.63, 3.8) is 0 Å². The molecule has 0 aliphatic rings. The second-order valence-corrected chi connectivity index (χ2v) is 4.75. The van der Waals surface area contributed by atoms with Gasteiger partial charge >= 0.3 is 0 Å². The molecule has 5 heteroatoms. The third kappa shape index (κ3) is 3.83. The fraction of sp³-hybridized carbons (Fsp3) is 0.125. The fourth-order valence-corrected chi connectivity index (χ4v) is 2.04. The number of nitrogens with one attached hydrogen (secondary N) is 1. The Balaban J connectivity index is 2.02. The first kappa shape index (κ1) is 15.1. The van der Waals surface area contributed by atoms with Crippen LogP contribution >= 0.6 is 11.6 Å². The summed E-state index contributed by atoms with van der Waals surface area (Å²) < 4.78 is 5.11. The predicted molar refractivity (Wildman–Crippen MR) is 81.1 cm³/mol. The summed E-state index contributed by atoms with van der Waals surface area (Å²) in [7, 11) is 1.49. The molecule has 0 saturated carbocycles. The van der Waals surface area contributed by atoms with E-state index in [1.165, 1.54) is 7.11 Å². The molecule has 0 radical (unpaired) electrons. The molecule has 2 aromatic rings. The van der Waals surface area contributed by atoms with Gasteiger partial charge in [0.2, 0.25) is 0 Å². The summed E-state index contributed by atoms with van der Waals surface area (Å²) in [5.41, 5.74) is 0.849. The van der Waals surface area contributed by atoms with Crippen LogP contribution in [0, 0.1) is 0 Å². The number of halogens is 1. The van der Waals surface area contributed by atoms with Gasteiger partial charge in [0.15, 0.2) is 5.78 Å². The Kier molecular flexibility index (Phi) is 4.95. The summed E-state index contributed by atoms with van der Waals surface area (Å²) in [5.74, 6) is -0.103. The Labute approximate surface area is 127 Å². The molecule has 0 saturated heterocycles. The van der Waals surface area contributed by atoms with E-state index in [-0.39, 0.29) is 18.2 Å². The minimum Gasteiger partial charge on any atom is -0.496 e. The van der Waals surface area contributed by atoms with Gasteiger partial charge in [0.1, 0.15) is 5.75 Å². The van der Waals surface area contributed by atoms with Gasteiger partial charge in [0.25, 0.3) is 5.91 Å². The lowest BCUT2D eigenvalue weighted by Gasteiger charge is -2.08. The number of Topliss-reactive ketones (excluding diaryl/α,β-unsaturated/α-hetero) is 1. The van der Waals surface area contributed by atoms with Gasteiger partial charge in [-0.15, -0.1) is 0 Å². The molecule has 0 aliphatic heterocycles. The van der Waals surface area contributed by atoms with Gasteiger partial charge in [-0.3, -0.25) is 9.59 Å². The van der Waals surface area contributed by atoms with Crippen molar-refractivity contribution in [2.24, 2.45) is 0 Å². The van der Waals surface area contributed by atoms with Crippen LogP contribution in [0.3, 0.4) is 0 Å². The van der Waals surface area contributed by atoms with E-state index in [1.807, 2.05) is 0 Å². The van der Waals surface area contributed by atoms with Crippen molar-refractivity contribution in [1.82, 2.24) is 5.32 Å². The first-order chi connectivity index (χ1) is 10.1. The summed E-state index contributed by atoms with van der Waals surface area (Å²) in [4.78, 5) is 24.0. The molecule has 0 spiro atoms. The predicted octanol–water partition coefficient (Wildman–Crippen LogP) is 2.96. The minimum absolute atomic E-state index is 0.1000. The highest BCUT2D eigenvalue weighted by Gasteiger charge is 2.13. The van der Waals surface area contributed by atoms with Gasteiger partial charge in [-0.1, -0.05) is 35.9 Å². The molecule has 1 N–H and O–H groups in total. The van der Waals surface area contributed by atoms with Crippen LogP contribution < -0.4 is 10.1 Å². The first-order valence-electron chi connectivity index (χ1n) is 6.32. The number of rotatable bonds is 5. The third-order valence-corrected chi connectivity index (χ3v) is 3.14. The van der Waals surface area contributed by atoms with Crippen LogP contribution in [-0.2, 0) is 0 Å². The minimum atomic E-state index is -0.358. The van der Waals surface area contributed by atoms with Crippen LogP contribution in [0.25, 0.3) is 0 Å². The number of hydrogen-bond donors (Lipinski definition) is 1. The lowest BCUT2D eigenvalue weighted by atomic mass is 10.1. The number of methoxy groups -OCH3 is 1. The van der Waals surface area contributed by atoms with Gasteiger partial charge in [0.05, 0.1) is 19.2 Å². The molecule has 0 atom stereocenters. The van der Waals surface area contributed by atoms with Crippen LogP contribution in [0.4, 0.5) is 0 Å². The molecule has 2 aromatic carbocycles. The summed E-state index contributed by atoms with van der Waals surface area (Å²) in [6.07, 6.45) is 0. The number of hydrogen-bond acceptors (Lipinski definition) is 3. The normalized spacial score (nSPS) is 10.0. The highest BCUT2D eigenvalue weighted by Crippen LogP contribution is 2.17. The number of ketones is 1. The monoisotopic (exact) mass is 303 g/mol. The lowest BCUT2D eigenvalue weighted by molar-refractivity contribution is 0.0902. The first-order valence-corrected chi connectivity index (χ1v) is 6.69. The van der Waals surface area contributed by atoms with Gasteiger partial charge in [-0.2, -0.15) is 0 Å². The van der Waals surface area contributed by atoms with Crippen LogP contribution in [-0.4, -0.2) is 25.3 Å². The zero-order valence-electron chi connectivity index (χ0n) is 11.4. The molecular formula is C16H14ClNO3. The maximum absolute atomic E-state index is 12.1. The summed E-state index contributed by atoms with van der Waals surface area (Å²) in [5, 5.41) is 3.06. The molecule has 2 rings (SSSR count). The molecule has 0 aliphatic carbocycles. The van der Waals surface area contributed by atoms with Crippen molar-refractivity contribution in [2.75, 3.05) is 13.7 Å². The average molecular weight is 304 g/mol. The van der Waals surface area contributed by atoms with Crippen molar-refractivity contribution in [3.8, 4) is 5.75 Å². The lowest BCUT2D eigenvalue weighted by Crippen LogP contribution is -2.29. The van der Waals surface area contributed by atoms with E-state index < -0.39 is 0 Å². The van der Waals surface area contributed by atoms with Crippen LogP contribution in [0.2, 0.25) is 5.02 Å². The number of carbonyl (C=O) groups is 2. The number of amides is 1. The number of benzene rings is 2. The second kappa shape index (κ2) is 6.90. The number of carbonyl (C=O) groups excluding carboxylic acids is 2. The van der Waals surface area contributed by atoms with E-state index in [9.17, 15) is 9.59 Å². The van der Waals surface area contributed by atoms with Gasteiger partial charge in [0, 0.05) is 10.6 Å². The molecule has 21 heavy (non-hydrogen) atoms. The highest BCUT2D eigenvalue weighted by molar-refractivity contribution is 6.31. The van der Waals surface area contributed by atoms with E-state index in [1.54, 1.807) is 48.5 Å². The van der Waals surface area contributed by atoms with E-state index in [2.05, 4.69) is 5.32 Å². The maximum atomic E-state index is 12.1. The summed E-state index contributed by atoms with van der Waals surface area (Å²) >= 11 is 5.83. The van der Waals surface area contributed by atoms with E-state index in [0.29, 0.717) is 21.9 Å². The molecule has 0 aromatic heterocycles. The molecule has 1 amide bonds. The van der Waals surface area contributed by atoms with E-state index in [0.717, 1.165) is 0 Å². The Bertz CT molecular complexity index is 670. The Morgan fingerprint density at radius 2 is 1.90 bits per heavy atom. The SMILES string of the molecule is COc1ccccc1C(=O)NCC(=O)c1cccc(Cl)c1. The quantitative estimate of drug-likeness (QED) is 0.864. The molecule has 0 unspecified atom stereocenters. The van der Waals surface area contributed by atoms with Gasteiger partial charge in [-0.25, -0.2) is 0 Å². The second-order valence-electron chi connectivity index (χ2n) is 4.32. The van der Waals surface area contributed by atoms with Crippen molar-refractivity contribution in [1.29, 1.82) is 0 Å². The third-order valence-electron chi connectivity index (χ3n) is 2.91. The molecule has 0 bridgehead atoms. The van der Waals surface area contributed by atoms with Crippen LogP contribution in [0.15, 0.2) is 48.5 Å². The maximum Gasteiger partial charge on any atom is 0.255 e. The fourth-order valence-electron chi connectivity index (χ4n) is 1.85. The van der Waals surface area contributed by atoms with Crippen molar-refractivity contribution in [2.45, 2.75) is 0 Å². The van der Waals surface area contributed by atoms with E-state index in [4.69, 9.17) is 16.3 Å². The molecule has 4 nitrogen and oxygen atoms in total. The van der Waals surface area contributed by atoms with E-state index >= 15 is 0 Å². The standard InChI is InChI=1S/C16H14ClNO3/c1-21-15-8-3-2-7-13(15)16(20)18-10-14(19)11-5-4-6-12(17)9-11/h2-9H,10H2,1H3,(H,18,20). The zero-order valence-corrected chi connectivity index (χ0v) is 12.2. The molecule has 0 heterocycles. The van der Waals surface area contributed by atoms with Crippen LogP contribution in [0.1, 0.15) is 20.7 Å². The Hall–Kier alpha value is -2.33. The number of ether oxygens (including phenoxy) is 1.